The van der Waals surface area contributed by atoms with E-state index in [0.29, 0.717) is 30.0 Å². The van der Waals surface area contributed by atoms with Crippen LogP contribution in [0.1, 0.15) is 34.2 Å². The number of nitrogens with zero attached hydrogens (tertiary/aromatic N) is 1. The molecule has 0 saturated carbocycles. The van der Waals surface area contributed by atoms with Crippen molar-refractivity contribution < 1.29 is 14.3 Å². The molecule has 0 N–H and O–H groups in total. The maximum atomic E-state index is 12.0. The lowest BCUT2D eigenvalue weighted by atomic mass is 10.1. The second-order valence-corrected chi connectivity index (χ2v) is 6.31. The summed E-state index contributed by atoms with van der Waals surface area (Å²) in [4.78, 5) is 27.7. The van der Waals surface area contributed by atoms with E-state index in [9.17, 15) is 9.59 Å². The maximum Gasteiger partial charge on any atom is 0.358 e. The van der Waals surface area contributed by atoms with Gasteiger partial charge in [-0.05, 0) is 6.92 Å². The zero-order chi connectivity index (χ0) is 15.1. The molecule has 0 aliphatic carbocycles. The largest absolute Gasteiger partial charge is 0.461 e. The topological polar surface area (TPSA) is 56.3 Å². The Bertz CT molecular complexity index is 610. The molecule has 0 amide bonds. The van der Waals surface area contributed by atoms with Gasteiger partial charge in [-0.2, -0.15) is 0 Å². The Kier molecular flexibility index (Phi) is 5.95. The highest BCUT2D eigenvalue weighted by Gasteiger charge is 2.16. The monoisotopic (exact) mass is 321 g/mol. The van der Waals surface area contributed by atoms with Crippen molar-refractivity contribution in [1.82, 2.24) is 4.98 Å². The van der Waals surface area contributed by atoms with E-state index in [0.717, 1.165) is 4.21 Å². The molecule has 0 fully saturated rings. The molecule has 110 valence electrons. The molecule has 0 atom stereocenters. The Morgan fingerprint density at radius 3 is 2.76 bits per heavy atom. The van der Waals surface area contributed by atoms with Gasteiger partial charge in [-0.1, -0.05) is 30.3 Å². The van der Waals surface area contributed by atoms with Gasteiger partial charge in [0.2, 0.25) is 0 Å². The van der Waals surface area contributed by atoms with E-state index in [4.69, 9.17) is 4.74 Å². The van der Waals surface area contributed by atoms with Crippen LogP contribution in [0.25, 0.3) is 0 Å². The molecule has 0 unspecified atom stereocenters. The summed E-state index contributed by atoms with van der Waals surface area (Å²) >= 11 is 2.86. The summed E-state index contributed by atoms with van der Waals surface area (Å²) in [6, 6.07) is 9.20. The molecular formula is C15H15NO3S2. The van der Waals surface area contributed by atoms with Gasteiger partial charge in [-0.15, -0.1) is 23.1 Å². The third kappa shape index (κ3) is 4.41. The fourth-order valence-corrected chi connectivity index (χ4v) is 3.58. The summed E-state index contributed by atoms with van der Waals surface area (Å²) < 4.78 is 5.75. The summed E-state index contributed by atoms with van der Waals surface area (Å²) in [6.07, 6.45) is 0.425. The lowest BCUT2D eigenvalue weighted by molar-refractivity contribution is 0.0516. The Hall–Kier alpha value is -1.66. The van der Waals surface area contributed by atoms with Crippen LogP contribution >= 0.6 is 23.1 Å². The number of carbonyl (C=O) groups excluding carboxylic acids is 2. The molecule has 1 aromatic heterocycles. The van der Waals surface area contributed by atoms with Crippen LogP contribution in [-0.4, -0.2) is 29.1 Å². The number of ketones is 1. The zero-order valence-corrected chi connectivity index (χ0v) is 13.2. The molecule has 0 aliphatic rings. The van der Waals surface area contributed by atoms with Crippen LogP contribution in [0.2, 0.25) is 0 Å². The second-order valence-electron chi connectivity index (χ2n) is 4.10. The van der Waals surface area contributed by atoms with Gasteiger partial charge in [0.1, 0.15) is 0 Å². The van der Waals surface area contributed by atoms with Crippen LogP contribution in [0.15, 0.2) is 40.1 Å². The first kappa shape index (κ1) is 15.7. The van der Waals surface area contributed by atoms with Crippen molar-refractivity contribution in [3.63, 3.8) is 0 Å². The van der Waals surface area contributed by atoms with E-state index < -0.39 is 5.97 Å². The number of ether oxygens (including phenoxy) is 1. The first-order chi connectivity index (χ1) is 10.2. The summed E-state index contributed by atoms with van der Waals surface area (Å²) in [5.41, 5.74) is 2.68. The van der Waals surface area contributed by atoms with E-state index in [1.165, 1.54) is 23.1 Å². The van der Waals surface area contributed by atoms with E-state index in [2.05, 4.69) is 4.98 Å². The molecule has 0 radical (unpaired) electrons. The summed E-state index contributed by atoms with van der Waals surface area (Å²) in [7, 11) is 0. The molecule has 6 heteroatoms. The average molecular weight is 321 g/mol. The van der Waals surface area contributed by atoms with Crippen molar-refractivity contribution in [3.8, 4) is 0 Å². The average Bonchev–Trinajstić information content (AvgIpc) is 2.97. The quantitative estimate of drug-likeness (QED) is 0.442. The van der Waals surface area contributed by atoms with Crippen molar-refractivity contribution in [2.45, 2.75) is 17.6 Å². The standard InChI is InChI=1S/C15H15NO3S2/c1-2-19-14(18)13-15(21-10-16-13)20-9-8-12(17)11-6-4-3-5-7-11/h3-7,10H,2,8-9H2,1H3. The van der Waals surface area contributed by atoms with Crippen molar-refractivity contribution in [2.75, 3.05) is 12.4 Å². The highest BCUT2D eigenvalue weighted by Crippen LogP contribution is 2.28. The summed E-state index contributed by atoms with van der Waals surface area (Å²) in [5, 5.41) is 0. The Morgan fingerprint density at radius 2 is 2.05 bits per heavy atom. The number of esters is 1. The third-order valence-electron chi connectivity index (χ3n) is 2.66. The zero-order valence-electron chi connectivity index (χ0n) is 11.6. The van der Waals surface area contributed by atoms with Crippen LogP contribution in [0.3, 0.4) is 0 Å². The van der Waals surface area contributed by atoms with Gasteiger partial charge in [-0.25, -0.2) is 9.78 Å². The SMILES string of the molecule is CCOC(=O)c1ncsc1SCCC(=O)c1ccccc1. The fraction of sp³-hybridized carbons (Fsp3) is 0.267. The Labute approximate surface area is 131 Å². The van der Waals surface area contributed by atoms with E-state index in [-0.39, 0.29) is 5.78 Å². The van der Waals surface area contributed by atoms with Crippen LogP contribution in [0.4, 0.5) is 0 Å². The third-order valence-corrected chi connectivity index (χ3v) is 4.79. The number of rotatable bonds is 7. The Morgan fingerprint density at radius 1 is 1.29 bits per heavy atom. The number of thiazole rings is 1. The number of aromatic nitrogens is 1. The molecule has 21 heavy (non-hydrogen) atoms. The highest BCUT2D eigenvalue weighted by molar-refractivity contribution is 8.01. The van der Waals surface area contributed by atoms with Gasteiger partial charge in [-0.3, -0.25) is 4.79 Å². The molecule has 2 aromatic rings. The van der Waals surface area contributed by atoms with Crippen LogP contribution in [-0.2, 0) is 4.74 Å². The van der Waals surface area contributed by atoms with Gasteiger partial charge in [0.15, 0.2) is 11.5 Å². The van der Waals surface area contributed by atoms with Crippen molar-refractivity contribution in [2.24, 2.45) is 0 Å². The minimum Gasteiger partial charge on any atom is -0.461 e. The molecule has 1 heterocycles. The summed E-state index contributed by atoms with van der Waals surface area (Å²) in [6.45, 7) is 2.09. The Balaban J connectivity index is 1.88. The van der Waals surface area contributed by atoms with Crippen LogP contribution < -0.4 is 0 Å². The van der Waals surface area contributed by atoms with Gasteiger partial charge < -0.3 is 4.74 Å². The molecule has 0 aliphatic heterocycles. The first-order valence-electron chi connectivity index (χ1n) is 6.54. The minimum absolute atomic E-state index is 0.102. The van der Waals surface area contributed by atoms with Crippen molar-refractivity contribution in [3.05, 3.63) is 47.1 Å². The predicted octanol–water partition coefficient (Wildman–Crippen LogP) is 3.68. The fourth-order valence-electron chi connectivity index (χ4n) is 1.68. The summed E-state index contributed by atoms with van der Waals surface area (Å²) in [5.74, 6) is 0.309. The van der Waals surface area contributed by atoms with Crippen molar-refractivity contribution >= 4 is 34.9 Å². The molecular weight excluding hydrogens is 306 g/mol. The smallest absolute Gasteiger partial charge is 0.358 e. The number of benzene rings is 1. The van der Waals surface area contributed by atoms with Gasteiger partial charge in [0.25, 0.3) is 0 Å². The van der Waals surface area contributed by atoms with Gasteiger partial charge in [0.05, 0.1) is 16.3 Å². The number of carbonyl (C=O) groups is 2. The second kappa shape index (κ2) is 7.95. The molecule has 0 spiro atoms. The van der Waals surface area contributed by atoms with E-state index in [1.54, 1.807) is 12.4 Å². The molecule has 0 bridgehead atoms. The molecule has 0 saturated heterocycles. The van der Waals surface area contributed by atoms with Crippen LogP contribution in [0, 0.1) is 0 Å². The molecule has 1 aromatic carbocycles. The van der Waals surface area contributed by atoms with Gasteiger partial charge >= 0.3 is 5.97 Å². The van der Waals surface area contributed by atoms with Gasteiger partial charge in [0, 0.05) is 17.7 Å². The number of hydrogen-bond donors (Lipinski definition) is 0. The maximum absolute atomic E-state index is 12.0. The van der Waals surface area contributed by atoms with E-state index >= 15 is 0 Å². The first-order valence-corrected chi connectivity index (χ1v) is 8.40. The van der Waals surface area contributed by atoms with Crippen molar-refractivity contribution in [1.29, 1.82) is 0 Å². The number of Topliss-reactive ketones (excluding diaryl/α,β-unsaturated/α-hetero) is 1. The number of hydrogen-bond acceptors (Lipinski definition) is 6. The molecule has 2 rings (SSSR count). The minimum atomic E-state index is -0.407. The van der Waals surface area contributed by atoms with E-state index in [1.807, 2.05) is 30.3 Å². The lowest BCUT2D eigenvalue weighted by Gasteiger charge is -2.02. The highest BCUT2D eigenvalue weighted by atomic mass is 32.2. The lowest BCUT2D eigenvalue weighted by Crippen LogP contribution is -2.06. The number of thioether (sulfide) groups is 1. The molecule has 4 nitrogen and oxygen atoms in total. The van der Waals surface area contributed by atoms with Crippen LogP contribution in [0.5, 0.6) is 0 Å². The predicted molar refractivity (Wildman–Crippen MR) is 84.2 cm³/mol. The normalized spacial score (nSPS) is 10.3.